The van der Waals surface area contributed by atoms with Gasteiger partial charge in [0.2, 0.25) is 0 Å². The summed E-state index contributed by atoms with van der Waals surface area (Å²) < 4.78 is 21.9. The zero-order valence-electron chi connectivity index (χ0n) is 13.0. The first kappa shape index (κ1) is 20.4. The van der Waals surface area contributed by atoms with E-state index in [-0.39, 0.29) is 41.9 Å². The fraction of sp³-hybridized carbons (Fsp3) is 0.636. The minimum atomic E-state index is -1.64. The van der Waals surface area contributed by atoms with E-state index in [0.29, 0.717) is 12.1 Å². The van der Waals surface area contributed by atoms with E-state index >= 15 is 0 Å². The summed E-state index contributed by atoms with van der Waals surface area (Å²) in [6.07, 6.45) is -0.721. The molecule has 0 aromatic rings. The van der Waals surface area contributed by atoms with Gasteiger partial charge in [-0.15, -0.1) is 0 Å². The molecule has 2 heterocycles. The molecule has 12 heteroatoms. The fourth-order valence-corrected chi connectivity index (χ4v) is 4.66. The number of nitrogens with zero attached hydrogens (tertiary/aromatic N) is 2. The monoisotopic (exact) mass is 371 g/mol. The maximum absolute atomic E-state index is 12.4. The predicted octanol–water partition coefficient (Wildman–Crippen LogP) is -4.43. The molecule has 2 aliphatic heterocycles. The van der Waals surface area contributed by atoms with E-state index in [0.717, 1.165) is 4.90 Å². The Morgan fingerprint density at radius 2 is 2.13 bits per heavy atom. The zero-order valence-corrected chi connectivity index (χ0v) is 16.7. The van der Waals surface area contributed by atoms with Crippen molar-refractivity contribution in [1.29, 1.82) is 0 Å². The van der Waals surface area contributed by atoms with Gasteiger partial charge in [0.15, 0.2) is 11.1 Å². The number of rotatable bonds is 4. The molecule has 2 fully saturated rings. The number of carbonyl (C=O) groups excluding carboxylic acids is 3. The van der Waals surface area contributed by atoms with Crippen LogP contribution in [0.3, 0.4) is 0 Å². The summed E-state index contributed by atoms with van der Waals surface area (Å²) in [6.45, 7) is 4.81. The van der Waals surface area contributed by atoms with Gasteiger partial charge in [-0.1, -0.05) is 0 Å². The third kappa shape index (κ3) is 3.43. The van der Waals surface area contributed by atoms with Gasteiger partial charge in [0.05, 0.1) is 46.3 Å². The molecule has 2 rings (SSSR count). The number of fused-ring (bicyclic) bond motifs is 1. The summed E-state index contributed by atoms with van der Waals surface area (Å²) in [6, 6.07) is -1.27. The molecular weight excluding hydrogens is 357 g/mol. The molecular formula is C11H14N3NaO6S2. The first-order valence-corrected chi connectivity index (χ1v) is 8.33. The molecule has 23 heavy (non-hydrogen) atoms. The average molecular weight is 371 g/mol. The molecule has 0 radical (unpaired) electrons. The van der Waals surface area contributed by atoms with Gasteiger partial charge in [-0.3, -0.25) is 9.00 Å². The summed E-state index contributed by atoms with van der Waals surface area (Å²) >= 11 is 0.568. The van der Waals surface area contributed by atoms with Crippen LogP contribution in [0.25, 0.3) is 0 Å². The summed E-state index contributed by atoms with van der Waals surface area (Å²) in [5, 5.41) is 10.3. The molecule has 0 aromatic carbocycles. The van der Waals surface area contributed by atoms with Crippen LogP contribution in [0.4, 0.5) is 4.79 Å². The van der Waals surface area contributed by atoms with Crippen LogP contribution in [-0.2, 0) is 25.1 Å². The number of carboxylic acid groups (broad SMARTS) is 1. The summed E-state index contributed by atoms with van der Waals surface area (Å²) in [4.78, 5) is 35.3. The van der Waals surface area contributed by atoms with Crippen molar-refractivity contribution in [2.75, 3.05) is 6.61 Å². The number of carbonyl (C=O) groups is 3. The van der Waals surface area contributed by atoms with Gasteiger partial charge in [-0.25, -0.2) is 9.52 Å². The molecule has 9 nitrogen and oxygen atoms in total. The Morgan fingerprint density at radius 3 is 2.65 bits per heavy atom. The molecule has 0 aromatic heterocycles. The van der Waals surface area contributed by atoms with Crippen molar-refractivity contribution >= 4 is 46.6 Å². The number of hydrogen-bond acceptors (Lipinski definition) is 8. The molecule has 3 atom stereocenters. The van der Waals surface area contributed by atoms with Gasteiger partial charge in [-0.05, 0) is 20.8 Å². The second-order valence-electron chi connectivity index (χ2n) is 5.08. The fourth-order valence-electron chi connectivity index (χ4n) is 2.35. The molecule has 1 N–H and O–H groups in total. The van der Waals surface area contributed by atoms with Gasteiger partial charge < -0.3 is 19.5 Å². The van der Waals surface area contributed by atoms with Gasteiger partial charge in [0.1, 0.15) is 0 Å². The molecule has 0 aliphatic carbocycles. The molecule has 122 valence electrons. The van der Waals surface area contributed by atoms with E-state index in [1.807, 2.05) is 0 Å². The van der Waals surface area contributed by atoms with Crippen LogP contribution >= 0.6 is 12.1 Å². The Hall–Kier alpha value is -0.620. The molecule has 1 unspecified atom stereocenters. The third-order valence-electron chi connectivity index (χ3n) is 3.37. The third-order valence-corrected chi connectivity index (χ3v) is 6.03. The average Bonchev–Trinajstić information content (AvgIpc) is 2.61. The zero-order chi connectivity index (χ0) is 16.7. The maximum Gasteiger partial charge on any atom is 1.00 e. The number of carboxylic acids is 1. The topological polar surface area (TPSA) is 128 Å². The molecule has 0 spiro atoms. The van der Waals surface area contributed by atoms with E-state index in [1.54, 1.807) is 6.92 Å². The van der Waals surface area contributed by atoms with E-state index < -0.39 is 44.9 Å². The minimum absolute atomic E-state index is 0. The van der Waals surface area contributed by atoms with Crippen molar-refractivity contribution < 1.29 is 58.0 Å². The van der Waals surface area contributed by atoms with Crippen molar-refractivity contribution in [1.82, 2.24) is 9.62 Å². The number of aliphatic carboxylic acids is 1. The number of nitrogens with one attached hydrogen (secondary N) is 1. The van der Waals surface area contributed by atoms with E-state index in [1.165, 1.54) is 13.8 Å². The normalized spacial score (nSPS) is 29.3. The second-order valence-corrected chi connectivity index (χ2v) is 7.74. The van der Waals surface area contributed by atoms with Crippen molar-refractivity contribution in [2.45, 2.75) is 36.9 Å². The van der Waals surface area contributed by atoms with Crippen LogP contribution in [0.1, 0.15) is 20.8 Å². The smallest absolute Gasteiger partial charge is 0.548 e. The van der Waals surface area contributed by atoms with Crippen LogP contribution in [0.2, 0.25) is 0 Å². The van der Waals surface area contributed by atoms with Crippen LogP contribution in [-0.4, -0.2) is 55.6 Å². The first-order valence-electron chi connectivity index (χ1n) is 6.34. The van der Waals surface area contributed by atoms with E-state index in [4.69, 9.17) is 0 Å². The van der Waals surface area contributed by atoms with Gasteiger partial charge in [0.25, 0.3) is 5.91 Å². The Balaban J connectivity index is 0.00000264. The van der Waals surface area contributed by atoms with Gasteiger partial charge in [-0.2, -0.15) is 4.40 Å². The summed E-state index contributed by atoms with van der Waals surface area (Å²) in [7, 11) is -1.64. The Labute approximate surface area is 161 Å². The van der Waals surface area contributed by atoms with Crippen LogP contribution in [0.5, 0.6) is 0 Å². The minimum Gasteiger partial charge on any atom is -0.548 e. The van der Waals surface area contributed by atoms with Crippen LogP contribution in [0, 0.1) is 0 Å². The van der Waals surface area contributed by atoms with E-state index in [2.05, 4.69) is 13.9 Å². The SMILES string of the molecule is CCOC(=O)NSN=C1C(=O)N2[C@@H]1S(=O)C(C)(C)[C@@H]2C(=O)[O-].[Na+]. The second kappa shape index (κ2) is 7.51. The maximum atomic E-state index is 12.4. The van der Waals surface area contributed by atoms with Gasteiger partial charge >= 0.3 is 35.7 Å². The predicted molar refractivity (Wildman–Crippen MR) is 76.8 cm³/mol. The van der Waals surface area contributed by atoms with Crippen molar-refractivity contribution in [3.05, 3.63) is 0 Å². The van der Waals surface area contributed by atoms with Crippen molar-refractivity contribution in [3.8, 4) is 0 Å². The van der Waals surface area contributed by atoms with Crippen molar-refractivity contribution in [3.63, 3.8) is 0 Å². The first-order chi connectivity index (χ1) is 10.2. The number of amides is 2. The van der Waals surface area contributed by atoms with Crippen molar-refractivity contribution in [2.24, 2.45) is 4.40 Å². The molecule has 0 bridgehead atoms. The van der Waals surface area contributed by atoms with Gasteiger partial charge in [0, 0.05) is 0 Å². The Kier molecular flexibility index (Phi) is 6.67. The molecule has 2 amide bonds. The Bertz CT molecular complexity index is 596. The standard InChI is InChI=1S/C11H15N3O6S2.Na/c1-4-20-10(18)13-21-12-5-7(15)14-6(9(16)17)11(2,3)22(19)8(5)14;/h6,8H,4H2,1-3H3,(H,13,18)(H,16,17);/q;+1/p-1/t6-,8+,22?;/m0./s1. The molecule has 2 aliphatic rings. The van der Waals surface area contributed by atoms with E-state index in [9.17, 15) is 23.7 Å². The largest absolute Gasteiger partial charge is 1.00 e. The summed E-state index contributed by atoms with van der Waals surface area (Å²) in [5.41, 5.74) is -0.0445. The number of β-lactam (4-membered cyclic amide) rings is 1. The van der Waals surface area contributed by atoms with Crippen LogP contribution < -0.4 is 39.4 Å². The molecule has 2 saturated heterocycles. The quantitative estimate of drug-likeness (QED) is 0.300. The summed E-state index contributed by atoms with van der Waals surface area (Å²) in [5.74, 6) is -2.08. The molecule has 0 saturated carbocycles. The number of ether oxygens (including phenoxy) is 1. The Morgan fingerprint density at radius 1 is 1.52 bits per heavy atom. The number of hydrogen-bond donors (Lipinski definition) is 1. The van der Waals surface area contributed by atoms with Crippen LogP contribution in [0.15, 0.2) is 4.40 Å².